The Hall–Kier alpha value is -1.44. The van der Waals surface area contributed by atoms with E-state index >= 15 is 0 Å². The molecule has 0 bridgehead atoms. The second kappa shape index (κ2) is 8.50. The summed E-state index contributed by atoms with van der Waals surface area (Å²) in [5.41, 5.74) is -0.767. The van der Waals surface area contributed by atoms with E-state index in [4.69, 9.17) is 0 Å². The number of urea groups is 1. The molecule has 1 saturated carbocycles. The van der Waals surface area contributed by atoms with Crippen molar-refractivity contribution < 1.29 is 19.5 Å². The van der Waals surface area contributed by atoms with Crippen LogP contribution in [0.5, 0.6) is 0 Å². The van der Waals surface area contributed by atoms with Crippen LogP contribution in [0.1, 0.15) is 57.8 Å². The highest BCUT2D eigenvalue weighted by Crippen LogP contribution is 2.36. The van der Waals surface area contributed by atoms with Crippen molar-refractivity contribution in [2.75, 3.05) is 12.3 Å². The topological polar surface area (TPSA) is 108 Å². The number of amides is 3. The van der Waals surface area contributed by atoms with Crippen molar-refractivity contribution in [1.82, 2.24) is 16.0 Å². The molecule has 3 fully saturated rings. The van der Waals surface area contributed by atoms with Gasteiger partial charge in [-0.2, -0.15) is 11.8 Å². The van der Waals surface area contributed by atoms with Crippen molar-refractivity contribution in [3.63, 3.8) is 0 Å². The van der Waals surface area contributed by atoms with E-state index in [0.29, 0.717) is 24.5 Å². The van der Waals surface area contributed by atoms with Gasteiger partial charge in [0, 0.05) is 24.0 Å². The zero-order valence-corrected chi connectivity index (χ0v) is 15.9. The van der Waals surface area contributed by atoms with Gasteiger partial charge in [-0.1, -0.05) is 25.7 Å². The van der Waals surface area contributed by atoms with Crippen LogP contribution in [-0.4, -0.2) is 52.6 Å². The molecule has 0 aromatic rings. The standard InChI is InChI=1S/C18H29N3O4S/c22-14(19-11-18(16(23)24)8-4-1-5-9-18)7-3-2-6-13-15-12(10-26-13)20-17(25)21-15/h12-13,15H,1-11H2,(H,19,22)(H,23,24)(H2,20,21,25)/t12-,13-,15-/m0/s1. The Morgan fingerprint density at radius 2 is 1.96 bits per heavy atom. The number of hydrogen-bond acceptors (Lipinski definition) is 4. The van der Waals surface area contributed by atoms with Gasteiger partial charge in [0.15, 0.2) is 0 Å². The highest BCUT2D eigenvalue weighted by Gasteiger charge is 2.42. The number of rotatable bonds is 8. The fraction of sp³-hybridized carbons (Fsp3) is 0.833. The van der Waals surface area contributed by atoms with Gasteiger partial charge in [0.1, 0.15) is 0 Å². The lowest BCUT2D eigenvalue weighted by Crippen LogP contribution is -2.44. The van der Waals surface area contributed by atoms with Crippen LogP contribution in [-0.2, 0) is 9.59 Å². The predicted octanol–water partition coefficient (Wildman–Crippen LogP) is 1.86. The average Bonchev–Trinajstić information content (AvgIpc) is 3.17. The molecule has 2 heterocycles. The number of unbranched alkanes of at least 4 members (excludes halogenated alkanes) is 1. The first kappa shape index (κ1) is 19.3. The summed E-state index contributed by atoms with van der Waals surface area (Å²) < 4.78 is 0. The van der Waals surface area contributed by atoms with Crippen LogP contribution < -0.4 is 16.0 Å². The van der Waals surface area contributed by atoms with E-state index < -0.39 is 11.4 Å². The number of fused-ring (bicyclic) bond motifs is 1. The van der Waals surface area contributed by atoms with E-state index in [1.807, 2.05) is 11.8 Å². The zero-order valence-electron chi connectivity index (χ0n) is 15.1. The second-order valence-corrected chi connectivity index (χ2v) is 9.06. The fourth-order valence-electron chi connectivity index (χ4n) is 4.33. The predicted molar refractivity (Wildman–Crippen MR) is 100 cm³/mol. The van der Waals surface area contributed by atoms with Gasteiger partial charge < -0.3 is 21.1 Å². The third-order valence-electron chi connectivity index (χ3n) is 5.97. The van der Waals surface area contributed by atoms with E-state index in [1.165, 1.54) is 0 Å². The summed E-state index contributed by atoms with van der Waals surface area (Å²) in [6.45, 7) is 0.251. The van der Waals surface area contributed by atoms with Crippen molar-refractivity contribution >= 4 is 29.7 Å². The molecule has 0 aromatic carbocycles. The number of carboxylic acids is 1. The Balaban J connectivity index is 1.33. The van der Waals surface area contributed by atoms with Gasteiger partial charge in [0.25, 0.3) is 0 Å². The van der Waals surface area contributed by atoms with Gasteiger partial charge in [-0.25, -0.2) is 4.79 Å². The molecule has 1 aliphatic carbocycles. The monoisotopic (exact) mass is 383 g/mol. The van der Waals surface area contributed by atoms with E-state index in [1.54, 1.807) is 0 Å². The Labute approximate surface area is 158 Å². The fourth-order valence-corrected chi connectivity index (χ4v) is 5.87. The van der Waals surface area contributed by atoms with E-state index in [-0.39, 0.29) is 30.6 Å². The lowest BCUT2D eigenvalue weighted by Gasteiger charge is -2.33. The number of thioether (sulfide) groups is 1. The summed E-state index contributed by atoms with van der Waals surface area (Å²) in [5, 5.41) is 18.7. The SMILES string of the molecule is O=C(CCCC[C@@H]1SC[C@@H]2NC(=O)N[C@@H]21)NCC1(C(=O)O)CCCCC1. The van der Waals surface area contributed by atoms with Crippen molar-refractivity contribution in [3.05, 3.63) is 0 Å². The minimum atomic E-state index is -0.780. The second-order valence-electron chi connectivity index (χ2n) is 7.79. The molecule has 2 saturated heterocycles. The molecule has 7 nitrogen and oxygen atoms in total. The van der Waals surface area contributed by atoms with E-state index in [9.17, 15) is 19.5 Å². The molecule has 3 amide bonds. The van der Waals surface area contributed by atoms with Crippen LogP contribution in [0.25, 0.3) is 0 Å². The largest absolute Gasteiger partial charge is 0.481 e. The Kier molecular flexibility index (Phi) is 6.32. The van der Waals surface area contributed by atoms with Gasteiger partial charge in [-0.15, -0.1) is 0 Å². The van der Waals surface area contributed by atoms with Gasteiger partial charge in [-0.3, -0.25) is 9.59 Å². The van der Waals surface area contributed by atoms with Gasteiger partial charge >= 0.3 is 12.0 Å². The summed E-state index contributed by atoms with van der Waals surface area (Å²) in [6, 6.07) is 0.381. The molecular formula is C18H29N3O4S. The molecule has 0 unspecified atom stereocenters. The van der Waals surface area contributed by atoms with Crippen LogP contribution in [0.2, 0.25) is 0 Å². The Bertz CT molecular complexity index is 551. The number of carbonyl (C=O) groups is 3. The van der Waals surface area contributed by atoms with Crippen LogP contribution in [0, 0.1) is 5.41 Å². The first-order valence-corrected chi connectivity index (χ1v) is 10.7. The smallest absolute Gasteiger partial charge is 0.315 e. The molecular weight excluding hydrogens is 354 g/mol. The summed E-state index contributed by atoms with van der Waals surface area (Å²) >= 11 is 1.88. The lowest BCUT2D eigenvalue weighted by molar-refractivity contribution is -0.151. The molecule has 0 radical (unpaired) electrons. The lowest BCUT2D eigenvalue weighted by atomic mass is 9.74. The molecule has 2 aliphatic heterocycles. The number of carbonyl (C=O) groups excluding carboxylic acids is 2. The van der Waals surface area contributed by atoms with Crippen molar-refractivity contribution in [1.29, 1.82) is 0 Å². The van der Waals surface area contributed by atoms with Gasteiger partial charge in [0.2, 0.25) is 5.91 Å². The molecule has 0 aromatic heterocycles. The highest BCUT2D eigenvalue weighted by atomic mass is 32.2. The van der Waals surface area contributed by atoms with Crippen molar-refractivity contribution in [2.45, 2.75) is 75.1 Å². The van der Waals surface area contributed by atoms with E-state index in [0.717, 1.165) is 44.3 Å². The average molecular weight is 384 g/mol. The molecule has 3 rings (SSSR count). The highest BCUT2D eigenvalue weighted by molar-refractivity contribution is 8.00. The Morgan fingerprint density at radius 1 is 1.19 bits per heavy atom. The first-order chi connectivity index (χ1) is 12.5. The molecule has 8 heteroatoms. The molecule has 4 N–H and O–H groups in total. The van der Waals surface area contributed by atoms with Gasteiger partial charge in [0.05, 0.1) is 17.5 Å². The third-order valence-corrected chi connectivity index (χ3v) is 7.48. The molecule has 146 valence electrons. The summed E-state index contributed by atoms with van der Waals surface area (Å²) in [4.78, 5) is 35.1. The molecule has 26 heavy (non-hydrogen) atoms. The van der Waals surface area contributed by atoms with Crippen LogP contribution in [0.3, 0.4) is 0 Å². The number of hydrogen-bond donors (Lipinski definition) is 4. The van der Waals surface area contributed by atoms with Crippen LogP contribution in [0.15, 0.2) is 0 Å². The first-order valence-electron chi connectivity index (χ1n) is 9.69. The summed E-state index contributed by atoms with van der Waals surface area (Å²) in [7, 11) is 0. The van der Waals surface area contributed by atoms with Crippen LogP contribution >= 0.6 is 11.8 Å². The number of nitrogens with one attached hydrogen (secondary N) is 3. The van der Waals surface area contributed by atoms with Crippen molar-refractivity contribution in [2.24, 2.45) is 5.41 Å². The number of aliphatic carboxylic acids is 1. The molecule has 3 atom stereocenters. The minimum absolute atomic E-state index is 0.0519. The Morgan fingerprint density at radius 3 is 2.69 bits per heavy atom. The van der Waals surface area contributed by atoms with E-state index in [2.05, 4.69) is 16.0 Å². The van der Waals surface area contributed by atoms with Crippen LogP contribution in [0.4, 0.5) is 4.79 Å². The zero-order chi connectivity index (χ0) is 18.6. The normalized spacial score (nSPS) is 29.5. The summed E-state index contributed by atoms with van der Waals surface area (Å²) in [6.07, 6.45) is 7.40. The van der Waals surface area contributed by atoms with Gasteiger partial charge in [-0.05, 0) is 25.7 Å². The quantitative estimate of drug-likeness (QED) is 0.378. The molecule has 0 spiro atoms. The maximum Gasteiger partial charge on any atom is 0.315 e. The maximum atomic E-state index is 12.1. The van der Waals surface area contributed by atoms with Crippen molar-refractivity contribution in [3.8, 4) is 0 Å². The minimum Gasteiger partial charge on any atom is -0.481 e. The third kappa shape index (κ3) is 4.45. The number of carboxylic acid groups (broad SMARTS) is 1. The summed E-state index contributed by atoms with van der Waals surface area (Å²) in [5.74, 6) is 0.118. The molecule has 3 aliphatic rings. The maximum absolute atomic E-state index is 12.1.